The summed E-state index contributed by atoms with van der Waals surface area (Å²) < 4.78 is 5.27. The average molecular weight is 240 g/mol. The van der Waals surface area contributed by atoms with Gasteiger partial charge in [-0.1, -0.05) is 0 Å². The number of aliphatic hydroxyl groups excluding tert-OH is 1. The van der Waals surface area contributed by atoms with E-state index in [0.717, 1.165) is 25.7 Å². The van der Waals surface area contributed by atoms with Gasteiger partial charge in [-0.05, 0) is 25.7 Å². The third-order valence-electron chi connectivity index (χ3n) is 4.40. The number of nitrogens with zero attached hydrogens (tertiary/aromatic N) is 1. The molecular weight excluding hydrogens is 220 g/mol. The van der Waals surface area contributed by atoms with Crippen LogP contribution in [0.3, 0.4) is 0 Å². The second-order valence-corrected chi connectivity index (χ2v) is 5.56. The van der Waals surface area contributed by atoms with Gasteiger partial charge in [0.25, 0.3) is 0 Å². The highest BCUT2D eigenvalue weighted by molar-refractivity contribution is 5.81. The van der Waals surface area contributed by atoms with Gasteiger partial charge in [0.1, 0.15) is 0 Å². The van der Waals surface area contributed by atoms with Gasteiger partial charge in [-0.15, -0.1) is 0 Å². The van der Waals surface area contributed by atoms with Crippen molar-refractivity contribution in [3.05, 3.63) is 0 Å². The van der Waals surface area contributed by atoms with Crippen LogP contribution in [0.4, 0.5) is 0 Å². The van der Waals surface area contributed by atoms with Gasteiger partial charge in [0, 0.05) is 18.1 Å². The molecule has 0 spiro atoms. The highest BCUT2D eigenvalue weighted by atomic mass is 16.5. The summed E-state index contributed by atoms with van der Waals surface area (Å²) in [6.07, 6.45) is 3.27. The Labute approximate surface area is 101 Å². The SMILES string of the molecule is NC1COCC1C(=O)N1C2CCC1CC(O)C2. The molecule has 4 unspecified atom stereocenters. The summed E-state index contributed by atoms with van der Waals surface area (Å²) in [7, 11) is 0. The summed E-state index contributed by atoms with van der Waals surface area (Å²) >= 11 is 0. The van der Waals surface area contributed by atoms with Crippen LogP contribution in [-0.2, 0) is 9.53 Å². The predicted molar refractivity (Wildman–Crippen MR) is 61.2 cm³/mol. The first-order valence-electron chi connectivity index (χ1n) is 6.50. The lowest BCUT2D eigenvalue weighted by Crippen LogP contribution is -2.52. The van der Waals surface area contributed by atoms with Crippen LogP contribution in [0.5, 0.6) is 0 Å². The van der Waals surface area contributed by atoms with E-state index in [1.807, 2.05) is 4.90 Å². The van der Waals surface area contributed by atoms with Crippen LogP contribution >= 0.6 is 0 Å². The van der Waals surface area contributed by atoms with E-state index in [0.29, 0.717) is 13.2 Å². The molecule has 0 radical (unpaired) electrons. The summed E-state index contributed by atoms with van der Waals surface area (Å²) in [5.74, 6) is -0.0252. The van der Waals surface area contributed by atoms with Gasteiger partial charge in [-0.25, -0.2) is 0 Å². The summed E-state index contributed by atoms with van der Waals surface area (Å²) in [5, 5.41) is 9.72. The van der Waals surface area contributed by atoms with Crippen molar-refractivity contribution < 1.29 is 14.6 Å². The van der Waals surface area contributed by atoms with Crippen LogP contribution in [0, 0.1) is 5.92 Å². The molecule has 5 heteroatoms. The number of hydrogen-bond acceptors (Lipinski definition) is 4. The number of ether oxygens (including phenoxy) is 1. The number of rotatable bonds is 1. The lowest BCUT2D eigenvalue weighted by molar-refractivity contribution is -0.142. The Morgan fingerprint density at radius 1 is 1.24 bits per heavy atom. The molecule has 3 heterocycles. The van der Waals surface area contributed by atoms with Crippen LogP contribution in [-0.4, -0.2) is 53.4 Å². The summed E-state index contributed by atoms with van der Waals surface area (Å²) in [6, 6.07) is 0.293. The molecule has 0 aliphatic carbocycles. The lowest BCUT2D eigenvalue weighted by atomic mass is 9.95. The molecule has 1 amide bonds. The first-order valence-corrected chi connectivity index (χ1v) is 6.50. The molecule has 4 atom stereocenters. The van der Waals surface area contributed by atoms with Gasteiger partial charge >= 0.3 is 0 Å². The number of amides is 1. The molecular formula is C12H20N2O3. The fourth-order valence-electron chi connectivity index (χ4n) is 3.52. The number of nitrogens with two attached hydrogens (primary N) is 1. The molecule has 3 N–H and O–H groups in total. The first-order chi connectivity index (χ1) is 8.16. The molecule has 3 aliphatic heterocycles. The van der Waals surface area contributed by atoms with Crippen molar-refractivity contribution in [2.45, 2.75) is 49.9 Å². The maximum atomic E-state index is 12.5. The summed E-state index contributed by atoms with van der Waals surface area (Å²) in [5.41, 5.74) is 5.90. The van der Waals surface area contributed by atoms with Crippen LogP contribution in [0.15, 0.2) is 0 Å². The Hall–Kier alpha value is -0.650. The van der Waals surface area contributed by atoms with Gasteiger partial charge in [-0.3, -0.25) is 4.79 Å². The Kier molecular flexibility index (Phi) is 2.84. The maximum absolute atomic E-state index is 12.5. The molecule has 3 fully saturated rings. The minimum absolute atomic E-state index is 0.148. The molecule has 0 aromatic heterocycles. The zero-order valence-electron chi connectivity index (χ0n) is 9.92. The molecule has 0 saturated carbocycles. The number of aliphatic hydroxyl groups is 1. The molecule has 96 valence electrons. The van der Waals surface area contributed by atoms with Crippen LogP contribution < -0.4 is 5.73 Å². The zero-order chi connectivity index (χ0) is 12.0. The van der Waals surface area contributed by atoms with Crippen LogP contribution in [0.1, 0.15) is 25.7 Å². The lowest BCUT2D eigenvalue weighted by Gasteiger charge is -2.38. The topological polar surface area (TPSA) is 75.8 Å². The minimum Gasteiger partial charge on any atom is -0.393 e. The number of piperidine rings is 1. The van der Waals surface area contributed by atoms with Crippen LogP contribution in [0.2, 0.25) is 0 Å². The van der Waals surface area contributed by atoms with E-state index in [4.69, 9.17) is 10.5 Å². The Balaban J connectivity index is 1.74. The van der Waals surface area contributed by atoms with Crippen molar-refractivity contribution in [3.63, 3.8) is 0 Å². The summed E-state index contributed by atoms with van der Waals surface area (Å²) in [4.78, 5) is 14.5. The monoisotopic (exact) mass is 240 g/mol. The summed E-state index contributed by atoms with van der Waals surface area (Å²) in [6.45, 7) is 0.945. The van der Waals surface area contributed by atoms with E-state index in [9.17, 15) is 9.90 Å². The van der Waals surface area contributed by atoms with Crippen molar-refractivity contribution in [1.82, 2.24) is 4.90 Å². The highest BCUT2D eigenvalue weighted by Crippen LogP contribution is 2.37. The van der Waals surface area contributed by atoms with Crippen molar-refractivity contribution in [2.75, 3.05) is 13.2 Å². The molecule has 3 saturated heterocycles. The van der Waals surface area contributed by atoms with Crippen molar-refractivity contribution in [1.29, 1.82) is 0 Å². The van der Waals surface area contributed by atoms with Crippen molar-refractivity contribution >= 4 is 5.91 Å². The quantitative estimate of drug-likeness (QED) is 0.646. The van der Waals surface area contributed by atoms with Gasteiger partial charge < -0.3 is 20.5 Å². The highest BCUT2D eigenvalue weighted by Gasteiger charge is 2.46. The van der Waals surface area contributed by atoms with E-state index < -0.39 is 0 Å². The van der Waals surface area contributed by atoms with E-state index >= 15 is 0 Å². The molecule has 0 aromatic rings. The third kappa shape index (κ3) is 1.86. The Bertz CT molecular complexity index is 309. The molecule has 3 rings (SSSR count). The molecule has 3 aliphatic rings. The number of carbonyl (C=O) groups excluding carboxylic acids is 1. The van der Waals surface area contributed by atoms with E-state index in [2.05, 4.69) is 0 Å². The third-order valence-corrected chi connectivity index (χ3v) is 4.40. The van der Waals surface area contributed by atoms with E-state index in [1.165, 1.54) is 0 Å². The zero-order valence-corrected chi connectivity index (χ0v) is 9.92. The molecule has 5 nitrogen and oxygen atoms in total. The Morgan fingerprint density at radius 3 is 2.41 bits per heavy atom. The van der Waals surface area contributed by atoms with E-state index in [-0.39, 0.29) is 36.1 Å². The second kappa shape index (κ2) is 4.23. The molecule has 2 bridgehead atoms. The predicted octanol–water partition coefficient (Wildman–Crippen LogP) is -0.526. The average Bonchev–Trinajstić information content (AvgIpc) is 2.81. The second-order valence-electron chi connectivity index (χ2n) is 5.56. The normalized spacial score (nSPS) is 45.3. The van der Waals surface area contributed by atoms with Crippen molar-refractivity contribution in [2.24, 2.45) is 11.7 Å². The minimum atomic E-state index is -0.231. The van der Waals surface area contributed by atoms with Gasteiger partial charge in [0.05, 0.1) is 25.2 Å². The number of hydrogen-bond donors (Lipinski definition) is 2. The largest absolute Gasteiger partial charge is 0.393 e. The number of carbonyl (C=O) groups is 1. The fourth-order valence-corrected chi connectivity index (χ4v) is 3.52. The first kappa shape index (κ1) is 11.4. The number of fused-ring (bicyclic) bond motifs is 2. The van der Waals surface area contributed by atoms with Gasteiger partial charge in [0.2, 0.25) is 5.91 Å². The van der Waals surface area contributed by atoms with Crippen LogP contribution in [0.25, 0.3) is 0 Å². The molecule has 17 heavy (non-hydrogen) atoms. The standard InChI is InChI=1S/C12H20N2O3/c13-11-6-17-5-10(11)12(16)14-7-1-2-8(14)4-9(15)3-7/h7-11,15H,1-6,13H2. The smallest absolute Gasteiger partial charge is 0.230 e. The maximum Gasteiger partial charge on any atom is 0.230 e. The van der Waals surface area contributed by atoms with Gasteiger partial charge in [0.15, 0.2) is 0 Å². The Morgan fingerprint density at radius 2 is 1.88 bits per heavy atom. The van der Waals surface area contributed by atoms with E-state index in [1.54, 1.807) is 0 Å². The van der Waals surface area contributed by atoms with Crippen molar-refractivity contribution in [3.8, 4) is 0 Å². The fraction of sp³-hybridized carbons (Fsp3) is 0.917. The van der Waals surface area contributed by atoms with Gasteiger partial charge in [-0.2, -0.15) is 0 Å². The molecule has 0 aromatic carbocycles.